The molecule has 10 heteroatoms. The van der Waals surface area contributed by atoms with Crippen LogP contribution >= 0.6 is 11.8 Å². The molecule has 32 heavy (non-hydrogen) atoms. The molecule has 0 spiro atoms. The molecule has 0 atom stereocenters. The maximum Gasteiger partial charge on any atom is 0.234 e. The Bertz CT molecular complexity index is 1280. The molecule has 162 valence electrons. The summed E-state index contributed by atoms with van der Waals surface area (Å²) in [5, 5.41) is 16.8. The number of thioether (sulfide) groups is 1. The molecular weight excluding hydrogens is 428 g/mol. The Hall–Kier alpha value is -3.79. The summed E-state index contributed by atoms with van der Waals surface area (Å²) in [5.74, 6) is 2.03. The van der Waals surface area contributed by atoms with Gasteiger partial charge in [-0.3, -0.25) is 9.48 Å². The number of rotatable bonds is 6. The summed E-state index contributed by atoms with van der Waals surface area (Å²) in [4.78, 5) is 12.4. The van der Waals surface area contributed by atoms with Crippen LogP contribution in [0.5, 0.6) is 11.5 Å². The van der Waals surface area contributed by atoms with Gasteiger partial charge in [-0.15, -0.1) is 10.2 Å². The quantitative estimate of drug-likeness (QED) is 0.452. The lowest BCUT2D eigenvalue weighted by atomic mass is 10.1. The zero-order valence-electron chi connectivity index (χ0n) is 17.5. The van der Waals surface area contributed by atoms with Crippen LogP contribution in [0, 0.1) is 0 Å². The Morgan fingerprint density at radius 3 is 2.75 bits per heavy atom. The second-order valence-corrected chi connectivity index (χ2v) is 8.14. The van der Waals surface area contributed by atoms with Crippen molar-refractivity contribution in [3.8, 4) is 34.1 Å². The van der Waals surface area contributed by atoms with Crippen LogP contribution in [0.2, 0.25) is 0 Å². The number of amides is 1. The van der Waals surface area contributed by atoms with Crippen LogP contribution in [0.1, 0.15) is 0 Å². The SMILES string of the molecule is Cn1cc(-c2nnc(SCC(=O)Nc3ccc4c(c3)OCO4)n2C)c(-c2ccccc2)n1. The Morgan fingerprint density at radius 2 is 1.91 bits per heavy atom. The molecular formula is C22H20N6O3S. The van der Waals surface area contributed by atoms with Crippen molar-refractivity contribution in [1.29, 1.82) is 0 Å². The van der Waals surface area contributed by atoms with Gasteiger partial charge in [0, 0.05) is 37.6 Å². The molecule has 0 saturated carbocycles. The number of carbonyl (C=O) groups excluding carboxylic acids is 1. The minimum absolute atomic E-state index is 0.148. The van der Waals surface area contributed by atoms with E-state index in [0.29, 0.717) is 28.2 Å². The van der Waals surface area contributed by atoms with Crippen LogP contribution in [-0.2, 0) is 18.9 Å². The van der Waals surface area contributed by atoms with Crippen LogP contribution in [-0.4, -0.2) is 43.0 Å². The van der Waals surface area contributed by atoms with Crippen LogP contribution in [0.15, 0.2) is 59.9 Å². The third-order valence-electron chi connectivity index (χ3n) is 4.94. The summed E-state index contributed by atoms with van der Waals surface area (Å²) >= 11 is 1.32. The predicted octanol–water partition coefficient (Wildman–Crippen LogP) is 3.34. The van der Waals surface area contributed by atoms with Gasteiger partial charge < -0.3 is 19.4 Å². The van der Waals surface area contributed by atoms with Crippen molar-refractivity contribution in [3.05, 3.63) is 54.7 Å². The molecule has 0 bridgehead atoms. The summed E-state index contributed by atoms with van der Waals surface area (Å²) in [7, 11) is 3.76. The van der Waals surface area contributed by atoms with Crippen LogP contribution in [0.4, 0.5) is 5.69 Å². The highest BCUT2D eigenvalue weighted by atomic mass is 32.2. The van der Waals surface area contributed by atoms with E-state index in [9.17, 15) is 4.79 Å². The molecule has 1 amide bonds. The molecule has 3 heterocycles. The van der Waals surface area contributed by atoms with Crippen LogP contribution in [0.25, 0.3) is 22.6 Å². The Kier molecular flexibility index (Phi) is 5.28. The lowest BCUT2D eigenvalue weighted by molar-refractivity contribution is -0.113. The van der Waals surface area contributed by atoms with E-state index in [0.717, 1.165) is 16.8 Å². The number of aryl methyl sites for hydroxylation is 1. The highest BCUT2D eigenvalue weighted by molar-refractivity contribution is 7.99. The lowest BCUT2D eigenvalue weighted by Gasteiger charge is -2.06. The molecule has 0 fully saturated rings. The molecule has 4 aromatic rings. The number of nitrogens with one attached hydrogen (secondary N) is 1. The van der Waals surface area contributed by atoms with Crippen molar-refractivity contribution in [1.82, 2.24) is 24.5 Å². The smallest absolute Gasteiger partial charge is 0.234 e. The van der Waals surface area contributed by atoms with Crippen molar-refractivity contribution in [2.75, 3.05) is 17.9 Å². The van der Waals surface area contributed by atoms with Crippen LogP contribution in [0.3, 0.4) is 0 Å². The zero-order valence-corrected chi connectivity index (χ0v) is 18.3. The van der Waals surface area contributed by atoms with E-state index >= 15 is 0 Å². The van der Waals surface area contributed by atoms with E-state index in [1.165, 1.54) is 11.8 Å². The maximum absolute atomic E-state index is 12.4. The van der Waals surface area contributed by atoms with Gasteiger partial charge in [0.05, 0.1) is 11.3 Å². The minimum Gasteiger partial charge on any atom is -0.454 e. The summed E-state index contributed by atoms with van der Waals surface area (Å²) in [6.45, 7) is 0.194. The van der Waals surface area contributed by atoms with Gasteiger partial charge in [-0.1, -0.05) is 42.1 Å². The molecule has 0 unspecified atom stereocenters. The predicted molar refractivity (Wildman–Crippen MR) is 121 cm³/mol. The Balaban J connectivity index is 1.29. The number of carbonyl (C=O) groups is 1. The topological polar surface area (TPSA) is 96.1 Å². The van der Waals surface area contributed by atoms with Crippen molar-refractivity contribution >= 4 is 23.4 Å². The first-order valence-electron chi connectivity index (χ1n) is 9.89. The third kappa shape index (κ3) is 3.92. The first-order chi connectivity index (χ1) is 15.6. The molecule has 2 aromatic heterocycles. The number of aromatic nitrogens is 5. The number of nitrogens with zero attached hydrogens (tertiary/aromatic N) is 5. The highest BCUT2D eigenvalue weighted by Crippen LogP contribution is 2.34. The lowest BCUT2D eigenvalue weighted by Crippen LogP contribution is -2.14. The molecule has 5 rings (SSSR count). The molecule has 9 nitrogen and oxygen atoms in total. The van der Waals surface area contributed by atoms with E-state index in [1.54, 1.807) is 22.9 Å². The Labute approximate surface area is 188 Å². The molecule has 2 aromatic carbocycles. The molecule has 1 N–H and O–H groups in total. The first kappa shape index (κ1) is 20.1. The van der Waals surface area contributed by atoms with Crippen molar-refractivity contribution in [2.45, 2.75) is 5.16 Å². The number of hydrogen-bond donors (Lipinski definition) is 1. The van der Waals surface area contributed by atoms with Gasteiger partial charge in [0.2, 0.25) is 12.7 Å². The number of anilines is 1. The standard InChI is InChI=1S/C22H20N6O3S/c1-27-11-16(20(26-27)14-6-4-3-5-7-14)21-24-25-22(28(21)2)32-12-19(29)23-15-8-9-17-18(10-15)31-13-30-17/h3-11H,12-13H2,1-2H3,(H,23,29). The normalized spacial score (nSPS) is 12.2. The molecule has 0 saturated heterocycles. The third-order valence-corrected chi connectivity index (χ3v) is 5.96. The monoisotopic (exact) mass is 448 g/mol. The van der Waals surface area contributed by atoms with E-state index in [1.807, 2.05) is 55.2 Å². The summed E-state index contributed by atoms with van der Waals surface area (Å²) in [6, 6.07) is 15.3. The number of benzene rings is 2. The van der Waals surface area contributed by atoms with Crippen molar-refractivity contribution in [3.63, 3.8) is 0 Å². The number of fused-ring (bicyclic) bond motifs is 1. The van der Waals surface area contributed by atoms with Gasteiger partial charge in [-0.2, -0.15) is 5.10 Å². The van der Waals surface area contributed by atoms with Crippen LogP contribution < -0.4 is 14.8 Å². The van der Waals surface area contributed by atoms with Gasteiger partial charge in [-0.25, -0.2) is 0 Å². The molecule has 1 aliphatic heterocycles. The fourth-order valence-electron chi connectivity index (χ4n) is 3.44. The largest absolute Gasteiger partial charge is 0.454 e. The van der Waals surface area contributed by atoms with Gasteiger partial charge in [-0.05, 0) is 12.1 Å². The van der Waals surface area contributed by atoms with Gasteiger partial charge >= 0.3 is 0 Å². The second-order valence-electron chi connectivity index (χ2n) is 7.20. The average Bonchev–Trinajstić information content (AvgIpc) is 3.51. The average molecular weight is 449 g/mol. The van der Waals surface area contributed by atoms with Gasteiger partial charge in [0.15, 0.2) is 22.5 Å². The first-order valence-corrected chi connectivity index (χ1v) is 10.9. The van der Waals surface area contributed by atoms with Crippen molar-refractivity contribution in [2.24, 2.45) is 14.1 Å². The van der Waals surface area contributed by atoms with Gasteiger partial charge in [0.1, 0.15) is 5.69 Å². The molecule has 0 radical (unpaired) electrons. The van der Waals surface area contributed by atoms with E-state index in [-0.39, 0.29) is 18.5 Å². The van der Waals surface area contributed by atoms with E-state index in [2.05, 4.69) is 20.6 Å². The molecule has 0 aliphatic carbocycles. The Morgan fingerprint density at radius 1 is 1.09 bits per heavy atom. The summed E-state index contributed by atoms with van der Waals surface area (Å²) < 4.78 is 14.3. The maximum atomic E-state index is 12.4. The van der Waals surface area contributed by atoms with E-state index in [4.69, 9.17) is 9.47 Å². The summed E-state index contributed by atoms with van der Waals surface area (Å²) in [5.41, 5.74) is 3.37. The number of hydrogen-bond acceptors (Lipinski definition) is 7. The fraction of sp³-hybridized carbons (Fsp3) is 0.182. The second kappa shape index (κ2) is 8.39. The highest BCUT2D eigenvalue weighted by Gasteiger charge is 2.20. The van der Waals surface area contributed by atoms with Gasteiger partial charge in [0.25, 0.3) is 0 Å². The number of ether oxygens (including phenoxy) is 2. The zero-order chi connectivity index (χ0) is 22.1. The summed E-state index contributed by atoms with van der Waals surface area (Å²) in [6.07, 6.45) is 1.92. The fourth-order valence-corrected chi connectivity index (χ4v) is 4.15. The minimum atomic E-state index is -0.148. The van der Waals surface area contributed by atoms with E-state index < -0.39 is 0 Å². The molecule has 1 aliphatic rings. The van der Waals surface area contributed by atoms with Crippen molar-refractivity contribution < 1.29 is 14.3 Å².